The van der Waals surface area contributed by atoms with Crippen LogP contribution in [0.2, 0.25) is 0 Å². The number of hydrogen-bond donors (Lipinski definition) is 0. The van der Waals surface area contributed by atoms with Gasteiger partial charge in [0.2, 0.25) is 0 Å². The van der Waals surface area contributed by atoms with Crippen molar-refractivity contribution in [3.63, 3.8) is 0 Å². The summed E-state index contributed by atoms with van der Waals surface area (Å²) in [6.45, 7) is 3.55. The van der Waals surface area contributed by atoms with E-state index in [1.54, 1.807) is 0 Å². The van der Waals surface area contributed by atoms with Crippen LogP contribution >= 0.6 is 0 Å². The molecule has 1 aromatic carbocycles. The van der Waals surface area contributed by atoms with Gasteiger partial charge in [-0.1, -0.05) is 0 Å². The van der Waals surface area contributed by atoms with Gasteiger partial charge in [0.15, 0.2) is 0 Å². The third-order valence-electron chi connectivity index (χ3n) is 1.20. The summed E-state index contributed by atoms with van der Waals surface area (Å²) in [6, 6.07) is 8.17. The Hall–Kier alpha value is -0.690. The SMILES string of the molecule is CCOCc1ccc[cH-]1. The Balaban J connectivity index is 2.30. The Labute approximate surface area is 55.6 Å². The first-order chi connectivity index (χ1) is 4.43. The molecule has 9 heavy (non-hydrogen) atoms. The molecule has 0 saturated heterocycles. The van der Waals surface area contributed by atoms with Gasteiger partial charge in [0.05, 0.1) is 0 Å². The van der Waals surface area contributed by atoms with Crippen LogP contribution in [-0.4, -0.2) is 6.61 Å². The maximum atomic E-state index is 5.18. The summed E-state index contributed by atoms with van der Waals surface area (Å²) in [4.78, 5) is 0. The lowest BCUT2D eigenvalue weighted by Crippen LogP contribution is -1.88. The van der Waals surface area contributed by atoms with Gasteiger partial charge in [-0.3, -0.25) is 0 Å². The third-order valence-corrected chi connectivity index (χ3v) is 1.20. The molecule has 0 bridgehead atoms. The monoisotopic (exact) mass is 123 g/mol. The van der Waals surface area contributed by atoms with E-state index in [2.05, 4.69) is 12.1 Å². The first-order valence-corrected chi connectivity index (χ1v) is 3.22. The van der Waals surface area contributed by atoms with Gasteiger partial charge in [-0.15, -0.1) is 5.56 Å². The topological polar surface area (TPSA) is 9.23 Å². The normalized spacial score (nSPS) is 9.89. The fraction of sp³-hybridized carbons (Fsp3) is 0.375. The molecule has 0 N–H and O–H groups in total. The molecule has 0 fully saturated rings. The van der Waals surface area contributed by atoms with Crippen molar-refractivity contribution in [2.24, 2.45) is 0 Å². The highest BCUT2D eigenvalue weighted by atomic mass is 16.5. The lowest BCUT2D eigenvalue weighted by molar-refractivity contribution is 0.134. The Bertz CT molecular complexity index is 142. The molecule has 0 heterocycles. The highest BCUT2D eigenvalue weighted by Crippen LogP contribution is 2.00. The van der Waals surface area contributed by atoms with Crippen molar-refractivity contribution in [1.82, 2.24) is 0 Å². The fourth-order valence-corrected chi connectivity index (χ4v) is 0.730. The lowest BCUT2D eigenvalue weighted by Gasteiger charge is -2.00. The maximum absolute atomic E-state index is 5.18. The summed E-state index contributed by atoms with van der Waals surface area (Å²) >= 11 is 0. The zero-order chi connectivity index (χ0) is 6.53. The van der Waals surface area contributed by atoms with Gasteiger partial charge in [-0.05, 0) is 6.92 Å². The average Bonchev–Trinajstić information content (AvgIpc) is 2.34. The Kier molecular flexibility index (Phi) is 2.40. The van der Waals surface area contributed by atoms with E-state index >= 15 is 0 Å². The van der Waals surface area contributed by atoms with E-state index in [0.29, 0.717) is 0 Å². The van der Waals surface area contributed by atoms with Crippen molar-refractivity contribution in [3.8, 4) is 0 Å². The maximum Gasteiger partial charge on any atom is 0.0487 e. The molecular weight excluding hydrogens is 112 g/mol. The second kappa shape index (κ2) is 3.36. The van der Waals surface area contributed by atoms with Crippen molar-refractivity contribution in [1.29, 1.82) is 0 Å². The Morgan fingerprint density at radius 3 is 3.11 bits per heavy atom. The second-order valence-corrected chi connectivity index (χ2v) is 1.93. The van der Waals surface area contributed by atoms with E-state index in [4.69, 9.17) is 4.74 Å². The average molecular weight is 123 g/mol. The van der Waals surface area contributed by atoms with E-state index in [-0.39, 0.29) is 0 Å². The summed E-state index contributed by atoms with van der Waals surface area (Å²) < 4.78 is 5.18. The highest BCUT2D eigenvalue weighted by Gasteiger charge is 1.80. The summed E-state index contributed by atoms with van der Waals surface area (Å²) in [5.74, 6) is 0. The molecule has 0 aliphatic heterocycles. The summed E-state index contributed by atoms with van der Waals surface area (Å²) in [5, 5.41) is 0. The van der Waals surface area contributed by atoms with E-state index in [9.17, 15) is 0 Å². The first-order valence-electron chi connectivity index (χ1n) is 3.22. The molecule has 0 aromatic heterocycles. The molecule has 0 atom stereocenters. The number of hydrogen-bond acceptors (Lipinski definition) is 1. The molecule has 0 saturated carbocycles. The Morgan fingerprint density at radius 1 is 1.67 bits per heavy atom. The van der Waals surface area contributed by atoms with Crippen LogP contribution in [0.3, 0.4) is 0 Å². The van der Waals surface area contributed by atoms with Crippen LogP contribution in [0.4, 0.5) is 0 Å². The molecule has 1 heteroatoms. The van der Waals surface area contributed by atoms with Crippen LogP contribution in [0.25, 0.3) is 0 Å². The van der Waals surface area contributed by atoms with Gasteiger partial charge >= 0.3 is 0 Å². The van der Waals surface area contributed by atoms with Crippen LogP contribution < -0.4 is 0 Å². The second-order valence-electron chi connectivity index (χ2n) is 1.93. The molecule has 1 rings (SSSR count). The zero-order valence-corrected chi connectivity index (χ0v) is 5.63. The van der Waals surface area contributed by atoms with Crippen LogP contribution in [-0.2, 0) is 11.3 Å². The molecular formula is C8H11O-. The third kappa shape index (κ3) is 1.94. The molecule has 0 aliphatic carbocycles. The predicted molar refractivity (Wildman–Crippen MR) is 37.4 cm³/mol. The molecule has 1 nitrogen and oxygen atoms in total. The Morgan fingerprint density at radius 2 is 2.56 bits per heavy atom. The first kappa shape index (κ1) is 6.43. The van der Waals surface area contributed by atoms with Crippen LogP contribution in [0, 0.1) is 0 Å². The van der Waals surface area contributed by atoms with Crippen molar-refractivity contribution in [3.05, 3.63) is 29.8 Å². The smallest absolute Gasteiger partial charge is 0.0487 e. The highest BCUT2D eigenvalue weighted by molar-refractivity contribution is 5.14. The minimum Gasteiger partial charge on any atom is -0.379 e. The number of rotatable bonds is 3. The number of ether oxygens (including phenoxy) is 1. The van der Waals surface area contributed by atoms with Gasteiger partial charge in [0, 0.05) is 13.2 Å². The van der Waals surface area contributed by atoms with Crippen molar-refractivity contribution in [2.45, 2.75) is 13.5 Å². The quantitative estimate of drug-likeness (QED) is 0.558. The molecule has 0 radical (unpaired) electrons. The standard InChI is InChI=1S/C8H11O/c1-2-9-7-8-5-3-4-6-8/h3-6H,2,7H2,1H3/q-1. The molecule has 1 aromatic rings. The predicted octanol–water partition coefficient (Wildman–Crippen LogP) is 1.94. The molecule has 0 aliphatic rings. The molecule has 0 amide bonds. The summed E-state index contributed by atoms with van der Waals surface area (Å²) in [6.07, 6.45) is 0. The van der Waals surface area contributed by atoms with Gasteiger partial charge < -0.3 is 4.74 Å². The minimum atomic E-state index is 0.753. The van der Waals surface area contributed by atoms with Gasteiger partial charge in [-0.2, -0.15) is 12.1 Å². The van der Waals surface area contributed by atoms with Gasteiger partial charge in [0.25, 0.3) is 0 Å². The summed E-state index contributed by atoms with van der Waals surface area (Å²) in [5.41, 5.74) is 1.26. The van der Waals surface area contributed by atoms with Crippen molar-refractivity contribution in [2.75, 3.05) is 6.61 Å². The molecule has 50 valence electrons. The van der Waals surface area contributed by atoms with E-state index in [1.807, 2.05) is 19.1 Å². The van der Waals surface area contributed by atoms with Crippen molar-refractivity contribution < 1.29 is 4.74 Å². The van der Waals surface area contributed by atoms with Gasteiger partial charge in [-0.25, -0.2) is 12.1 Å². The fourth-order valence-electron chi connectivity index (χ4n) is 0.730. The van der Waals surface area contributed by atoms with Crippen LogP contribution in [0.15, 0.2) is 24.3 Å². The minimum absolute atomic E-state index is 0.753. The van der Waals surface area contributed by atoms with E-state index in [0.717, 1.165) is 13.2 Å². The molecule has 0 spiro atoms. The van der Waals surface area contributed by atoms with Crippen LogP contribution in [0.5, 0.6) is 0 Å². The largest absolute Gasteiger partial charge is 0.379 e. The lowest BCUT2D eigenvalue weighted by atomic mass is 10.4. The molecule has 0 unspecified atom stereocenters. The van der Waals surface area contributed by atoms with Crippen molar-refractivity contribution >= 4 is 0 Å². The van der Waals surface area contributed by atoms with E-state index < -0.39 is 0 Å². The zero-order valence-electron chi connectivity index (χ0n) is 5.63. The summed E-state index contributed by atoms with van der Waals surface area (Å²) in [7, 11) is 0. The van der Waals surface area contributed by atoms with E-state index in [1.165, 1.54) is 5.56 Å². The van der Waals surface area contributed by atoms with Crippen LogP contribution in [0.1, 0.15) is 12.5 Å². The van der Waals surface area contributed by atoms with Gasteiger partial charge in [0.1, 0.15) is 0 Å².